The van der Waals surface area contributed by atoms with Crippen molar-refractivity contribution in [3.63, 3.8) is 0 Å². The minimum Gasteiger partial charge on any atom is -0.481 e. The largest absolute Gasteiger partial charge is 0.481 e. The Bertz CT molecular complexity index is 502. The van der Waals surface area contributed by atoms with Gasteiger partial charge in [0.05, 0.1) is 5.92 Å². The Morgan fingerprint density at radius 1 is 1.10 bits per heavy atom. The molecule has 0 spiro atoms. The molecular formula is C15H16O5. The van der Waals surface area contributed by atoms with Gasteiger partial charge in [0, 0.05) is 11.6 Å². The molecule has 1 aromatic rings. The van der Waals surface area contributed by atoms with E-state index < -0.39 is 17.9 Å². The van der Waals surface area contributed by atoms with E-state index in [4.69, 9.17) is 10.2 Å². The van der Waals surface area contributed by atoms with Crippen LogP contribution in [-0.4, -0.2) is 27.9 Å². The van der Waals surface area contributed by atoms with E-state index >= 15 is 0 Å². The minimum atomic E-state index is -1.12. The van der Waals surface area contributed by atoms with E-state index in [1.54, 1.807) is 37.3 Å². The van der Waals surface area contributed by atoms with Gasteiger partial charge in [-0.25, -0.2) is 4.79 Å². The van der Waals surface area contributed by atoms with Crippen LogP contribution in [-0.2, 0) is 9.59 Å². The SMILES string of the molecule is C=CC(C)C(=O)O.O=C(O)C=CC(=O)c1ccccc1. The lowest BCUT2D eigenvalue weighted by atomic mass is 10.1. The average Bonchev–Trinajstić information content (AvgIpc) is 2.45. The highest BCUT2D eigenvalue weighted by atomic mass is 16.4. The summed E-state index contributed by atoms with van der Waals surface area (Å²) in [6.45, 7) is 4.88. The summed E-state index contributed by atoms with van der Waals surface area (Å²) in [5.41, 5.74) is 0.486. The number of ketones is 1. The number of carboxylic acids is 2. The van der Waals surface area contributed by atoms with Crippen molar-refractivity contribution < 1.29 is 24.6 Å². The molecule has 0 amide bonds. The van der Waals surface area contributed by atoms with Crippen molar-refractivity contribution in [3.05, 3.63) is 60.7 Å². The zero-order valence-electron chi connectivity index (χ0n) is 11.0. The first-order chi connectivity index (χ1) is 9.38. The molecule has 0 aliphatic rings. The second-order valence-corrected chi connectivity index (χ2v) is 3.76. The number of benzene rings is 1. The van der Waals surface area contributed by atoms with Crippen LogP contribution in [0.5, 0.6) is 0 Å². The van der Waals surface area contributed by atoms with E-state index in [-0.39, 0.29) is 5.78 Å². The van der Waals surface area contributed by atoms with Crippen LogP contribution in [0.15, 0.2) is 55.1 Å². The average molecular weight is 276 g/mol. The summed E-state index contributed by atoms with van der Waals surface area (Å²) >= 11 is 0. The van der Waals surface area contributed by atoms with E-state index in [9.17, 15) is 14.4 Å². The predicted octanol–water partition coefficient (Wildman–Crippen LogP) is 2.40. The second kappa shape index (κ2) is 9.27. The maximum Gasteiger partial charge on any atom is 0.328 e. The van der Waals surface area contributed by atoms with Crippen LogP contribution in [0.2, 0.25) is 0 Å². The van der Waals surface area contributed by atoms with Crippen LogP contribution in [0, 0.1) is 5.92 Å². The lowest BCUT2D eigenvalue weighted by molar-refractivity contribution is -0.139. The van der Waals surface area contributed by atoms with Gasteiger partial charge in [-0.05, 0) is 13.0 Å². The summed E-state index contributed by atoms with van der Waals surface area (Å²) in [6.07, 6.45) is 3.26. The molecule has 0 aliphatic carbocycles. The summed E-state index contributed by atoms with van der Waals surface area (Å²) < 4.78 is 0. The minimum absolute atomic E-state index is 0.303. The topological polar surface area (TPSA) is 91.7 Å². The Hall–Kier alpha value is -2.69. The smallest absolute Gasteiger partial charge is 0.328 e. The van der Waals surface area contributed by atoms with E-state index in [1.165, 1.54) is 6.08 Å². The van der Waals surface area contributed by atoms with Gasteiger partial charge in [0.1, 0.15) is 0 Å². The van der Waals surface area contributed by atoms with Crippen molar-refractivity contribution in [2.75, 3.05) is 0 Å². The number of hydrogen-bond acceptors (Lipinski definition) is 3. The standard InChI is InChI=1S/C10H8O3.C5H8O2/c11-9(6-7-10(12)13)8-4-2-1-3-5-8;1-3-4(2)5(6)7/h1-7H,(H,12,13);3-4H,1H2,2H3,(H,6,7). The monoisotopic (exact) mass is 276 g/mol. The molecule has 1 atom stereocenters. The first kappa shape index (κ1) is 17.3. The number of rotatable bonds is 5. The Kier molecular flexibility index (Phi) is 8.02. The highest BCUT2D eigenvalue weighted by Crippen LogP contribution is 2.00. The molecule has 2 N–H and O–H groups in total. The summed E-state index contributed by atoms with van der Waals surface area (Å²) in [6, 6.07) is 8.50. The van der Waals surface area contributed by atoms with E-state index in [0.717, 1.165) is 12.2 Å². The normalized spacial score (nSPS) is 11.1. The van der Waals surface area contributed by atoms with Crippen LogP contribution >= 0.6 is 0 Å². The quantitative estimate of drug-likeness (QED) is 0.489. The second-order valence-electron chi connectivity index (χ2n) is 3.76. The van der Waals surface area contributed by atoms with Crippen LogP contribution in [0.4, 0.5) is 0 Å². The Morgan fingerprint density at radius 2 is 1.65 bits per heavy atom. The van der Waals surface area contributed by atoms with Gasteiger partial charge in [-0.15, -0.1) is 6.58 Å². The molecule has 20 heavy (non-hydrogen) atoms. The van der Waals surface area contributed by atoms with Crippen molar-refractivity contribution in [3.8, 4) is 0 Å². The highest BCUT2D eigenvalue weighted by molar-refractivity contribution is 6.06. The van der Waals surface area contributed by atoms with Crippen LogP contribution in [0.25, 0.3) is 0 Å². The van der Waals surface area contributed by atoms with Crippen molar-refractivity contribution in [1.29, 1.82) is 0 Å². The molecule has 5 heteroatoms. The van der Waals surface area contributed by atoms with E-state index in [0.29, 0.717) is 5.56 Å². The fraction of sp³-hybridized carbons (Fsp3) is 0.133. The van der Waals surface area contributed by atoms with Gasteiger partial charge in [0.25, 0.3) is 0 Å². The highest BCUT2D eigenvalue weighted by Gasteiger charge is 2.02. The van der Waals surface area contributed by atoms with Gasteiger partial charge in [-0.1, -0.05) is 36.4 Å². The lowest BCUT2D eigenvalue weighted by Crippen LogP contribution is -2.04. The fourth-order valence-corrected chi connectivity index (χ4v) is 0.946. The van der Waals surface area contributed by atoms with Gasteiger partial charge >= 0.3 is 11.9 Å². The van der Waals surface area contributed by atoms with Crippen molar-refractivity contribution in [2.24, 2.45) is 5.92 Å². The summed E-state index contributed by atoms with van der Waals surface area (Å²) in [5.74, 6) is -2.66. The third-order valence-corrected chi connectivity index (χ3v) is 2.18. The van der Waals surface area contributed by atoms with E-state index in [2.05, 4.69) is 6.58 Å². The Morgan fingerprint density at radius 3 is 2.00 bits per heavy atom. The molecule has 0 bridgehead atoms. The molecule has 0 aromatic heterocycles. The predicted molar refractivity (Wildman–Crippen MR) is 74.5 cm³/mol. The lowest BCUT2D eigenvalue weighted by Gasteiger charge is -1.92. The van der Waals surface area contributed by atoms with E-state index in [1.807, 2.05) is 0 Å². The molecule has 1 unspecified atom stereocenters. The van der Waals surface area contributed by atoms with Crippen LogP contribution in [0.1, 0.15) is 17.3 Å². The summed E-state index contributed by atoms with van der Waals surface area (Å²) in [5, 5.41) is 16.4. The van der Waals surface area contributed by atoms with Gasteiger partial charge in [0.15, 0.2) is 5.78 Å². The maximum absolute atomic E-state index is 11.2. The zero-order chi connectivity index (χ0) is 15.5. The van der Waals surface area contributed by atoms with Gasteiger partial charge in [0.2, 0.25) is 0 Å². The molecule has 5 nitrogen and oxygen atoms in total. The van der Waals surface area contributed by atoms with Crippen molar-refractivity contribution in [1.82, 2.24) is 0 Å². The fourth-order valence-electron chi connectivity index (χ4n) is 0.946. The number of carbonyl (C=O) groups is 3. The van der Waals surface area contributed by atoms with Gasteiger partial charge in [-0.2, -0.15) is 0 Å². The van der Waals surface area contributed by atoms with Crippen LogP contribution < -0.4 is 0 Å². The summed E-state index contributed by atoms with van der Waals surface area (Å²) in [7, 11) is 0. The van der Waals surface area contributed by atoms with Crippen molar-refractivity contribution in [2.45, 2.75) is 6.92 Å². The van der Waals surface area contributed by atoms with Gasteiger partial charge < -0.3 is 10.2 Å². The third kappa shape index (κ3) is 7.60. The third-order valence-electron chi connectivity index (χ3n) is 2.18. The first-order valence-corrected chi connectivity index (χ1v) is 5.74. The Balaban J connectivity index is 0.000000441. The van der Waals surface area contributed by atoms with Crippen LogP contribution in [0.3, 0.4) is 0 Å². The molecule has 0 saturated carbocycles. The number of carboxylic acid groups (broad SMARTS) is 2. The molecule has 0 radical (unpaired) electrons. The van der Waals surface area contributed by atoms with Crippen molar-refractivity contribution >= 4 is 17.7 Å². The molecular weight excluding hydrogens is 260 g/mol. The first-order valence-electron chi connectivity index (χ1n) is 5.74. The maximum atomic E-state index is 11.2. The molecule has 0 aliphatic heterocycles. The zero-order valence-corrected chi connectivity index (χ0v) is 11.0. The van der Waals surface area contributed by atoms with Gasteiger partial charge in [-0.3, -0.25) is 9.59 Å². The molecule has 0 saturated heterocycles. The molecule has 1 aromatic carbocycles. The number of allylic oxidation sites excluding steroid dienone is 1. The number of carbonyl (C=O) groups excluding carboxylic acids is 1. The molecule has 1 rings (SSSR count). The number of aliphatic carboxylic acids is 2. The summed E-state index contributed by atoms with van der Waals surface area (Å²) in [4.78, 5) is 31.2. The number of hydrogen-bond donors (Lipinski definition) is 2. The molecule has 106 valence electrons. The molecule has 0 fully saturated rings. The Labute approximate surface area is 116 Å². The molecule has 0 heterocycles.